The van der Waals surface area contributed by atoms with Gasteiger partial charge in [-0.05, 0) is 105 Å². The van der Waals surface area contributed by atoms with Crippen molar-refractivity contribution in [1.29, 1.82) is 5.26 Å². The Morgan fingerprint density at radius 3 is 2.62 bits per heavy atom. The summed E-state index contributed by atoms with van der Waals surface area (Å²) in [6.07, 6.45) is 18.9. The van der Waals surface area contributed by atoms with Gasteiger partial charge in [0, 0.05) is 0 Å². The van der Waals surface area contributed by atoms with Crippen LogP contribution in [0.1, 0.15) is 62.5 Å². The Balaban J connectivity index is 1.38. The Bertz CT molecular complexity index is 762. The third kappa shape index (κ3) is 2.75. The Kier molecular flexibility index (Phi) is 4.24. The normalized spacial score (nSPS) is 38.3. The molecule has 0 aromatic heterocycles. The summed E-state index contributed by atoms with van der Waals surface area (Å²) in [7, 11) is 0. The number of rotatable bonds is 2. The largest absolute Gasteiger partial charge is 0.192 e. The lowest BCUT2D eigenvalue weighted by Crippen LogP contribution is -2.48. The van der Waals surface area contributed by atoms with Crippen LogP contribution in [0.15, 0.2) is 42.0 Å². The highest BCUT2D eigenvalue weighted by Crippen LogP contribution is 2.59. The van der Waals surface area contributed by atoms with Crippen LogP contribution in [0.2, 0.25) is 0 Å². The van der Waals surface area contributed by atoms with Crippen molar-refractivity contribution in [3.05, 3.63) is 53.1 Å². The van der Waals surface area contributed by atoms with E-state index < -0.39 is 0 Å². The van der Waals surface area contributed by atoms with Crippen molar-refractivity contribution in [2.75, 3.05) is 0 Å². The first-order valence-corrected chi connectivity index (χ1v) is 10.7. The molecule has 3 fully saturated rings. The summed E-state index contributed by atoms with van der Waals surface area (Å²) in [6.45, 7) is 0. The third-order valence-corrected chi connectivity index (χ3v) is 8.00. The molecule has 134 valence electrons. The topological polar surface area (TPSA) is 23.8 Å². The molecule has 0 heterocycles. The van der Waals surface area contributed by atoms with Crippen molar-refractivity contribution in [3.8, 4) is 6.07 Å². The van der Waals surface area contributed by atoms with Crippen LogP contribution in [0.25, 0.3) is 6.08 Å². The van der Waals surface area contributed by atoms with Crippen LogP contribution in [-0.2, 0) is 0 Å². The summed E-state index contributed by atoms with van der Waals surface area (Å²) >= 11 is 0. The second-order valence-corrected chi connectivity index (χ2v) is 9.09. The predicted molar refractivity (Wildman–Crippen MR) is 106 cm³/mol. The van der Waals surface area contributed by atoms with Crippen molar-refractivity contribution < 1.29 is 0 Å². The van der Waals surface area contributed by atoms with Crippen LogP contribution in [-0.4, -0.2) is 0 Å². The van der Waals surface area contributed by atoms with Gasteiger partial charge in [0.1, 0.15) is 0 Å². The summed E-state index contributed by atoms with van der Waals surface area (Å²) in [6, 6.07) is 10.2. The van der Waals surface area contributed by atoms with Gasteiger partial charge in [0.25, 0.3) is 0 Å². The van der Waals surface area contributed by atoms with Gasteiger partial charge in [-0.15, -0.1) is 0 Å². The van der Waals surface area contributed by atoms with Crippen LogP contribution in [0, 0.1) is 46.8 Å². The van der Waals surface area contributed by atoms with Gasteiger partial charge in [-0.1, -0.05) is 35.9 Å². The molecular weight excluding hydrogens is 314 g/mol. The molecule has 0 aliphatic heterocycles. The average Bonchev–Trinajstić information content (AvgIpc) is 2.71. The molecule has 4 aliphatic carbocycles. The monoisotopic (exact) mass is 343 g/mol. The molecule has 1 heteroatoms. The van der Waals surface area contributed by atoms with Crippen molar-refractivity contribution in [2.24, 2.45) is 35.5 Å². The summed E-state index contributed by atoms with van der Waals surface area (Å²) in [4.78, 5) is 0. The molecule has 6 atom stereocenters. The van der Waals surface area contributed by atoms with E-state index in [0.717, 1.165) is 41.1 Å². The standard InChI is InChI=1S/C25H29N/c26-16-18-6-4-17(5-7-18)8-9-19-10-11-22-13-12-20-2-1-3-21-14-15-23(19)25(22)24(20)21/h2,4-9,19,21-25H,1,3,10-15H2. The lowest BCUT2D eigenvalue weighted by atomic mass is 9.48. The van der Waals surface area contributed by atoms with Crippen LogP contribution in [0.5, 0.6) is 0 Å². The highest BCUT2D eigenvalue weighted by atomic mass is 14.6. The van der Waals surface area contributed by atoms with Crippen molar-refractivity contribution >= 4 is 6.08 Å². The number of hydrogen-bond donors (Lipinski definition) is 0. The zero-order chi connectivity index (χ0) is 17.5. The van der Waals surface area contributed by atoms with Gasteiger partial charge in [-0.3, -0.25) is 0 Å². The SMILES string of the molecule is N#Cc1ccc(C=CC2CCC3CCC4=CCCC5CCC2C3C45)cc1. The van der Waals surface area contributed by atoms with Crippen LogP contribution in [0.4, 0.5) is 0 Å². The van der Waals surface area contributed by atoms with Crippen molar-refractivity contribution in [2.45, 2.75) is 51.4 Å². The van der Waals surface area contributed by atoms with Gasteiger partial charge in [0.15, 0.2) is 0 Å². The molecule has 5 rings (SSSR count). The van der Waals surface area contributed by atoms with E-state index in [1.165, 1.54) is 56.9 Å². The molecule has 0 bridgehead atoms. The van der Waals surface area contributed by atoms with E-state index in [-0.39, 0.29) is 0 Å². The fourth-order valence-corrected chi connectivity index (χ4v) is 6.91. The van der Waals surface area contributed by atoms with Gasteiger partial charge in [-0.2, -0.15) is 5.26 Å². The summed E-state index contributed by atoms with van der Waals surface area (Å²) < 4.78 is 0. The Labute approximate surface area is 157 Å². The molecule has 0 saturated heterocycles. The van der Waals surface area contributed by atoms with Crippen molar-refractivity contribution in [1.82, 2.24) is 0 Å². The molecule has 1 aromatic rings. The Hall–Kier alpha value is -1.81. The summed E-state index contributed by atoms with van der Waals surface area (Å²) in [5.41, 5.74) is 3.84. The van der Waals surface area contributed by atoms with E-state index in [2.05, 4.69) is 36.4 Å². The Morgan fingerprint density at radius 1 is 0.923 bits per heavy atom. The van der Waals surface area contributed by atoms with E-state index in [1.54, 1.807) is 0 Å². The van der Waals surface area contributed by atoms with Crippen LogP contribution < -0.4 is 0 Å². The van der Waals surface area contributed by atoms with Gasteiger partial charge in [0.2, 0.25) is 0 Å². The molecule has 0 spiro atoms. The molecule has 26 heavy (non-hydrogen) atoms. The fourth-order valence-electron chi connectivity index (χ4n) is 6.91. The maximum Gasteiger partial charge on any atom is 0.0991 e. The first kappa shape index (κ1) is 16.4. The smallest absolute Gasteiger partial charge is 0.0991 e. The number of benzene rings is 1. The first-order chi connectivity index (χ1) is 12.8. The minimum absolute atomic E-state index is 0.750. The zero-order valence-corrected chi connectivity index (χ0v) is 15.6. The van der Waals surface area contributed by atoms with E-state index in [9.17, 15) is 0 Å². The second-order valence-electron chi connectivity index (χ2n) is 9.09. The minimum atomic E-state index is 0.750. The summed E-state index contributed by atoms with van der Waals surface area (Å²) in [5.74, 6) is 5.58. The highest BCUT2D eigenvalue weighted by molar-refractivity contribution is 5.51. The first-order valence-electron chi connectivity index (χ1n) is 10.7. The third-order valence-electron chi connectivity index (χ3n) is 8.00. The molecule has 4 aliphatic rings. The lowest BCUT2D eigenvalue weighted by molar-refractivity contribution is -0.0204. The lowest BCUT2D eigenvalue weighted by Gasteiger charge is -2.56. The molecule has 3 saturated carbocycles. The summed E-state index contributed by atoms with van der Waals surface area (Å²) in [5, 5.41) is 8.97. The van der Waals surface area contributed by atoms with Crippen molar-refractivity contribution in [3.63, 3.8) is 0 Å². The van der Waals surface area contributed by atoms with E-state index in [4.69, 9.17) is 5.26 Å². The van der Waals surface area contributed by atoms with Gasteiger partial charge >= 0.3 is 0 Å². The number of nitriles is 1. The second kappa shape index (κ2) is 6.73. The maximum atomic E-state index is 8.97. The average molecular weight is 344 g/mol. The highest BCUT2D eigenvalue weighted by Gasteiger charge is 2.50. The molecule has 6 unspecified atom stereocenters. The number of nitrogens with zero attached hydrogens (tertiary/aromatic N) is 1. The van der Waals surface area contributed by atoms with Crippen LogP contribution in [0.3, 0.4) is 0 Å². The van der Waals surface area contributed by atoms with E-state index >= 15 is 0 Å². The molecule has 0 N–H and O–H groups in total. The molecule has 0 radical (unpaired) electrons. The fraction of sp³-hybridized carbons (Fsp3) is 0.560. The van der Waals surface area contributed by atoms with Crippen LogP contribution >= 0.6 is 0 Å². The predicted octanol–water partition coefficient (Wildman–Crippen LogP) is 6.37. The van der Waals surface area contributed by atoms with E-state index in [0.29, 0.717) is 0 Å². The number of hydrogen-bond acceptors (Lipinski definition) is 1. The quantitative estimate of drug-likeness (QED) is 0.572. The minimum Gasteiger partial charge on any atom is -0.192 e. The molecule has 0 amide bonds. The van der Waals surface area contributed by atoms with Gasteiger partial charge < -0.3 is 0 Å². The van der Waals surface area contributed by atoms with Gasteiger partial charge in [0.05, 0.1) is 11.6 Å². The zero-order valence-electron chi connectivity index (χ0n) is 15.6. The maximum absolute atomic E-state index is 8.97. The van der Waals surface area contributed by atoms with E-state index in [1.807, 2.05) is 17.7 Å². The molecular formula is C25H29N. The molecule has 1 aromatic carbocycles. The molecule has 1 nitrogen and oxygen atoms in total. The number of allylic oxidation sites excluding steroid dienone is 3. The Morgan fingerprint density at radius 2 is 1.77 bits per heavy atom. The van der Waals surface area contributed by atoms with Gasteiger partial charge in [-0.25, -0.2) is 0 Å².